The second-order valence-electron chi connectivity index (χ2n) is 5.74. The van der Waals surface area contributed by atoms with E-state index in [0.29, 0.717) is 6.54 Å². The number of hydrogen-bond acceptors (Lipinski definition) is 2. The number of hydrogen-bond donors (Lipinski definition) is 1. The summed E-state index contributed by atoms with van der Waals surface area (Å²) in [6.45, 7) is 2.79. The first-order valence-electron chi connectivity index (χ1n) is 6.80. The fourth-order valence-corrected chi connectivity index (χ4v) is 3.12. The van der Waals surface area contributed by atoms with E-state index in [-0.39, 0.29) is 5.91 Å². The molecule has 0 fully saturated rings. The smallest absolute Gasteiger partial charge is 0.243 e. The fraction of sp³-hybridized carbons (Fsp3) is 0.533. The average molecular weight is 244 g/mol. The van der Waals surface area contributed by atoms with Crippen molar-refractivity contribution in [1.82, 2.24) is 0 Å². The standard InChI is InChI=1S/C15H20N2O/c1-10-4-3-5-11-7-13-14(8-12(11)6-10)17(2)9-15(18)16-13/h7-8,10H,3-6,9H2,1-2H3,(H,16,18)/t10-/m1/s1. The second kappa shape index (κ2) is 4.30. The van der Waals surface area contributed by atoms with Crippen molar-refractivity contribution >= 4 is 17.3 Å². The summed E-state index contributed by atoms with van der Waals surface area (Å²) in [4.78, 5) is 13.6. The number of nitrogens with one attached hydrogen (secondary N) is 1. The van der Waals surface area contributed by atoms with Crippen LogP contribution < -0.4 is 10.2 Å². The number of fused-ring (bicyclic) bond motifs is 2. The first kappa shape index (κ1) is 11.6. The SMILES string of the molecule is C[C@@H]1CCCc2cc3c(cc2C1)N(C)CC(=O)N3. The number of carbonyl (C=O) groups excluding carboxylic acids is 1. The first-order valence-corrected chi connectivity index (χ1v) is 6.80. The summed E-state index contributed by atoms with van der Waals surface area (Å²) in [5.74, 6) is 0.861. The molecule has 1 amide bonds. The minimum absolute atomic E-state index is 0.0898. The van der Waals surface area contributed by atoms with E-state index in [0.717, 1.165) is 18.0 Å². The maximum atomic E-state index is 11.6. The van der Waals surface area contributed by atoms with Gasteiger partial charge in [0.15, 0.2) is 0 Å². The van der Waals surface area contributed by atoms with Crippen molar-refractivity contribution < 1.29 is 4.79 Å². The van der Waals surface area contributed by atoms with Crippen molar-refractivity contribution in [2.75, 3.05) is 23.8 Å². The minimum atomic E-state index is 0.0898. The molecule has 3 heteroatoms. The Labute approximate surface area is 108 Å². The molecule has 0 saturated carbocycles. The monoisotopic (exact) mass is 244 g/mol. The molecule has 0 bridgehead atoms. The van der Waals surface area contributed by atoms with Crippen LogP contribution in [-0.4, -0.2) is 19.5 Å². The normalized spacial score (nSPS) is 22.9. The van der Waals surface area contributed by atoms with Gasteiger partial charge in [0.25, 0.3) is 0 Å². The van der Waals surface area contributed by atoms with Gasteiger partial charge in [0.1, 0.15) is 0 Å². The quantitative estimate of drug-likeness (QED) is 0.711. The Morgan fingerprint density at radius 1 is 1.33 bits per heavy atom. The number of anilines is 2. The molecule has 1 aliphatic heterocycles. The van der Waals surface area contributed by atoms with E-state index in [1.54, 1.807) is 0 Å². The van der Waals surface area contributed by atoms with Gasteiger partial charge >= 0.3 is 0 Å². The van der Waals surface area contributed by atoms with Crippen molar-refractivity contribution in [3.05, 3.63) is 23.3 Å². The van der Waals surface area contributed by atoms with Crippen molar-refractivity contribution in [1.29, 1.82) is 0 Å². The number of likely N-dealkylation sites (N-methyl/N-ethyl adjacent to an activating group) is 1. The van der Waals surface area contributed by atoms with Crippen molar-refractivity contribution in [3.63, 3.8) is 0 Å². The highest BCUT2D eigenvalue weighted by Crippen LogP contribution is 2.35. The second-order valence-corrected chi connectivity index (χ2v) is 5.74. The molecule has 0 saturated heterocycles. The van der Waals surface area contributed by atoms with Crippen LogP contribution >= 0.6 is 0 Å². The van der Waals surface area contributed by atoms with Crippen LogP contribution in [0.25, 0.3) is 0 Å². The number of benzene rings is 1. The summed E-state index contributed by atoms with van der Waals surface area (Å²) >= 11 is 0. The lowest BCUT2D eigenvalue weighted by atomic mass is 9.96. The van der Waals surface area contributed by atoms with Gasteiger partial charge in [-0.15, -0.1) is 0 Å². The molecule has 1 heterocycles. The molecule has 0 unspecified atom stereocenters. The lowest BCUT2D eigenvalue weighted by Crippen LogP contribution is -2.35. The summed E-state index contributed by atoms with van der Waals surface area (Å²) in [7, 11) is 1.99. The van der Waals surface area contributed by atoms with Crippen LogP contribution in [0.4, 0.5) is 11.4 Å². The Morgan fingerprint density at radius 2 is 2.17 bits per heavy atom. The Hall–Kier alpha value is -1.51. The number of carbonyl (C=O) groups is 1. The average Bonchev–Trinajstić information content (AvgIpc) is 2.47. The third-order valence-corrected chi connectivity index (χ3v) is 4.10. The van der Waals surface area contributed by atoms with E-state index in [1.807, 2.05) is 11.9 Å². The van der Waals surface area contributed by atoms with E-state index in [2.05, 4.69) is 24.4 Å². The summed E-state index contributed by atoms with van der Waals surface area (Å²) in [5.41, 5.74) is 5.06. The Balaban J connectivity index is 2.05. The summed E-state index contributed by atoms with van der Waals surface area (Å²) in [5, 5.41) is 2.99. The third-order valence-electron chi connectivity index (χ3n) is 4.10. The molecular weight excluding hydrogens is 224 g/mol. The van der Waals surface area contributed by atoms with Gasteiger partial charge in [-0.2, -0.15) is 0 Å². The van der Waals surface area contributed by atoms with Crippen molar-refractivity contribution in [3.8, 4) is 0 Å². The summed E-state index contributed by atoms with van der Waals surface area (Å²) in [6.07, 6.45) is 4.88. The maximum Gasteiger partial charge on any atom is 0.243 e. The van der Waals surface area contributed by atoms with E-state index in [9.17, 15) is 4.79 Å². The first-order chi connectivity index (χ1) is 8.63. The van der Waals surface area contributed by atoms with Crippen LogP contribution in [0.3, 0.4) is 0 Å². The number of aryl methyl sites for hydroxylation is 1. The maximum absolute atomic E-state index is 11.6. The molecule has 3 rings (SSSR count). The molecule has 1 N–H and O–H groups in total. The van der Waals surface area contributed by atoms with Gasteiger partial charge in [-0.3, -0.25) is 4.79 Å². The van der Waals surface area contributed by atoms with Gasteiger partial charge in [-0.1, -0.05) is 13.3 Å². The highest BCUT2D eigenvalue weighted by atomic mass is 16.2. The highest BCUT2D eigenvalue weighted by Gasteiger charge is 2.22. The lowest BCUT2D eigenvalue weighted by molar-refractivity contribution is -0.115. The molecule has 96 valence electrons. The fourth-order valence-electron chi connectivity index (χ4n) is 3.12. The van der Waals surface area contributed by atoms with Crippen LogP contribution in [0.5, 0.6) is 0 Å². The molecule has 3 nitrogen and oxygen atoms in total. The Bertz CT molecular complexity index is 496. The molecular formula is C15H20N2O. The topological polar surface area (TPSA) is 32.3 Å². The van der Waals surface area contributed by atoms with E-state index in [4.69, 9.17) is 0 Å². The summed E-state index contributed by atoms with van der Waals surface area (Å²) < 4.78 is 0. The van der Waals surface area contributed by atoms with Crippen molar-refractivity contribution in [2.45, 2.75) is 32.6 Å². The molecule has 2 aliphatic rings. The predicted octanol–water partition coefficient (Wildman–Crippen LogP) is 2.59. The zero-order chi connectivity index (χ0) is 12.7. The molecule has 1 aromatic carbocycles. The minimum Gasteiger partial charge on any atom is -0.364 e. The third kappa shape index (κ3) is 1.98. The molecule has 1 aromatic rings. The van der Waals surface area contributed by atoms with Gasteiger partial charge in [0, 0.05) is 7.05 Å². The zero-order valence-electron chi connectivity index (χ0n) is 11.1. The molecule has 18 heavy (non-hydrogen) atoms. The number of amides is 1. The van der Waals surface area contributed by atoms with E-state index < -0.39 is 0 Å². The van der Waals surface area contributed by atoms with Crippen LogP contribution in [0.15, 0.2) is 12.1 Å². The van der Waals surface area contributed by atoms with Gasteiger partial charge in [0.2, 0.25) is 5.91 Å². The lowest BCUT2D eigenvalue weighted by Gasteiger charge is -2.29. The zero-order valence-corrected chi connectivity index (χ0v) is 11.1. The van der Waals surface area contributed by atoms with Crippen LogP contribution in [0.1, 0.15) is 30.9 Å². The summed E-state index contributed by atoms with van der Waals surface area (Å²) in [6, 6.07) is 4.47. The van der Waals surface area contributed by atoms with Crippen LogP contribution in [0.2, 0.25) is 0 Å². The predicted molar refractivity (Wildman–Crippen MR) is 74.1 cm³/mol. The van der Waals surface area contributed by atoms with Crippen molar-refractivity contribution in [2.24, 2.45) is 5.92 Å². The van der Waals surface area contributed by atoms with Gasteiger partial charge in [-0.05, 0) is 48.4 Å². The van der Waals surface area contributed by atoms with E-state index in [1.165, 1.54) is 36.1 Å². The van der Waals surface area contributed by atoms with Crippen LogP contribution in [0, 0.1) is 5.92 Å². The molecule has 0 spiro atoms. The largest absolute Gasteiger partial charge is 0.364 e. The molecule has 1 atom stereocenters. The van der Waals surface area contributed by atoms with Gasteiger partial charge in [0.05, 0.1) is 17.9 Å². The highest BCUT2D eigenvalue weighted by molar-refractivity contribution is 6.01. The molecule has 0 aromatic heterocycles. The number of rotatable bonds is 0. The Kier molecular flexibility index (Phi) is 2.77. The molecule has 0 radical (unpaired) electrons. The van der Waals surface area contributed by atoms with Gasteiger partial charge < -0.3 is 10.2 Å². The Morgan fingerprint density at radius 3 is 3.00 bits per heavy atom. The molecule has 1 aliphatic carbocycles. The number of nitrogens with zero attached hydrogens (tertiary/aromatic N) is 1. The van der Waals surface area contributed by atoms with Crippen LogP contribution in [-0.2, 0) is 17.6 Å². The van der Waals surface area contributed by atoms with E-state index >= 15 is 0 Å². The van der Waals surface area contributed by atoms with Gasteiger partial charge in [-0.25, -0.2) is 0 Å².